The molecular weight excluding hydrogens is 446 g/mol. The maximum Gasteiger partial charge on any atom is 0.160 e. The molecule has 0 aliphatic rings. The molecule has 2 heterocycles. The van der Waals surface area contributed by atoms with Crippen LogP contribution in [-0.4, -0.2) is 4.57 Å². The first-order valence-corrected chi connectivity index (χ1v) is 11.1. The first kappa shape index (κ1) is 17.2. The Bertz CT molecular complexity index is 1800. The quantitative estimate of drug-likeness (QED) is 0.239. The van der Waals surface area contributed by atoms with E-state index in [1.807, 2.05) is 12.1 Å². The smallest absolute Gasteiger partial charge is 0.160 e. The Morgan fingerprint density at radius 3 is 2.29 bits per heavy atom. The largest absolute Gasteiger partial charge is 0.454 e. The van der Waals surface area contributed by atoms with Gasteiger partial charge in [-0.1, -0.05) is 82.7 Å². The van der Waals surface area contributed by atoms with Gasteiger partial charge in [-0.25, -0.2) is 0 Å². The molecule has 0 spiro atoms. The van der Waals surface area contributed by atoms with Gasteiger partial charge in [-0.3, -0.25) is 0 Å². The summed E-state index contributed by atoms with van der Waals surface area (Å²) < 4.78 is 9.89. The number of rotatable bonds is 1. The van der Waals surface area contributed by atoms with Crippen molar-refractivity contribution in [2.24, 2.45) is 0 Å². The Hall–Kier alpha value is -3.56. The van der Waals surface area contributed by atoms with Crippen molar-refractivity contribution in [1.29, 1.82) is 0 Å². The molecule has 2 aromatic heterocycles. The third-order valence-electron chi connectivity index (χ3n) is 6.24. The van der Waals surface area contributed by atoms with Crippen LogP contribution in [0.15, 0.2) is 106 Å². The first-order valence-electron chi connectivity index (χ1n) is 10.3. The molecule has 31 heavy (non-hydrogen) atoms. The van der Waals surface area contributed by atoms with Crippen molar-refractivity contribution in [3.05, 3.63) is 102 Å². The van der Waals surface area contributed by atoms with Crippen LogP contribution < -0.4 is 0 Å². The first-order chi connectivity index (χ1) is 15.3. The molecule has 7 aromatic rings. The zero-order chi connectivity index (χ0) is 20.5. The fourth-order valence-electron chi connectivity index (χ4n) is 4.91. The lowest BCUT2D eigenvalue weighted by Crippen LogP contribution is -1.95. The van der Waals surface area contributed by atoms with Crippen LogP contribution in [0.1, 0.15) is 0 Å². The van der Waals surface area contributed by atoms with E-state index in [0.29, 0.717) is 0 Å². The van der Waals surface area contributed by atoms with Crippen molar-refractivity contribution in [3.63, 3.8) is 0 Å². The molecule has 3 heteroatoms. The summed E-state index contributed by atoms with van der Waals surface area (Å²) in [7, 11) is 0. The highest BCUT2D eigenvalue weighted by atomic mass is 79.9. The Balaban J connectivity index is 1.78. The van der Waals surface area contributed by atoms with Gasteiger partial charge >= 0.3 is 0 Å². The van der Waals surface area contributed by atoms with Crippen molar-refractivity contribution in [3.8, 4) is 5.69 Å². The Kier molecular flexibility index (Phi) is 3.44. The van der Waals surface area contributed by atoms with Crippen LogP contribution in [0, 0.1) is 0 Å². The highest BCUT2D eigenvalue weighted by Gasteiger charge is 2.19. The summed E-state index contributed by atoms with van der Waals surface area (Å²) in [5.41, 5.74) is 5.27. The number of aromatic nitrogens is 1. The third-order valence-corrected chi connectivity index (χ3v) is 6.74. The highest BCUT2D eigenvalue weighted by Crippen LogP contribution is 2.41. The summed E-state index contributed by atoms with van der Waals surface area (Å²) in [6, 6.07) is 34.2. The predicted octanol–water partition coefficient (Wildman–Crippen LogP) is 8.60. The van der Waals surface area contributed by atoms with Crippen molar-refractivity contribution >= 4 is 70.4 Å². The standard InChI is InChI=1S/C28H16BrNO/c29-18-12-13-20-22-14-15-23-21-9-3-4-11-26(21)31-28(23)27(22)30(25(20)16-18)24-10-5-7-17-6-1-2-8-19(17)24/h1-16H. The fourth-order valence-corrected chi connectivity index (χ4v) is 5.25. The monoisotopic (exact) mass is 461 g/mol. The van der Waals surface area contributed by atoms with Gasteiger partial charge in [0.05, 0.1) is 16.7 Å². The molecule has 7 rings (SSSR count). The van der Waals surface area contributed by atoms with Gasteiger partial charge in [-0.15, -0.1) is 0 Å². The van der Waals surface area contributed by atoms with Crippen LogP contribution in [0.25, 0.3) is 60.2 Å². The van der Waals surface area contributed by atoms with Gasteiger partial charge in [0, 0.05) is 31.4 Å². The van der Waals surface area contributed by atoms with Crippen LogP contribution in [0.5, 0.6) is 0 Å². The van der Waals surface area contributed by atoms with Crippen molar-refractivity contribution < 1.29 is 4.42 Å². The lowest BCUT2D eigenvalue weighted by molar-refractivity contribution is 0.671. The van der Waals surface area contributed by atoms with Crippen molar-refractivity contribution in [2.45, 2.75) is 0 Å². The number of hydrogen-bond acceptors (Lipinski definition) is 1. The van der Waals surface area contributed by atoms with Crippen LogP contribution in [0.3, 0.4) is 0 Å². The number of halogens is 1. The van der Waals surface area contributed by atoms with Crippen molar-refractivity contribution in [2.75, 3.05) is 0 Å². The number of hydrogen-bond donors (Lipinski definition) is 0. The zero-order valence-electron chi connectivity index (χ0n) is 16.5. The van der Waals surface area contributed by atoms with E-state index < -0.39 is 0 Å². The maximum absolute atomic E-state index is 6.47. The van der Waals surface area contributed by atoms with Gasteiger partial charge in [-0.2, -0.15) is 0 Å². The highest BCUT2D eigenvalue weighted by molar-refractivity contribution is 9.10. The average Bonchev–Trinajstić information content (AvgIpc) is 3.34. The predicted molar refractivity (Wildman–Crippen MR) is 133 cm³/mol. The summed E-state index contributed by atoms with van der Waals surface area (Å²) in [6.45, 7) is 0. The molecule has 0 aliphatic carbocycles. The van der Waals surface area contributed by atoms with E-state index in [1.165, 1.54) is 21.5 Å². The van der Waals surface area contributed by atoms with Crippen LogP contribution in [0.2, 0.25) is 0 Å². The minimum atomic E-state index is 0.918. The molecule has 0 unspecified atom stereocenters. The lowest BCUT2D eigenvalue weighted by atomic mass is 10.1. The second-order valence-corrected chi connectivity index (χ2v) is 8.85. The molecular formula is C28H16BrNO. The van der Waals surface area contributed by atoms with Gasteiger partial charge in [0.15, 0.2) is 5.58 Å². The second kappa shape index (κ2) is 6.22. The number of furan rings is 1. The number of benzene rings is 5. The molecule has 0 aliphatic heterocycles. The molecule has 0 saturated heterocycles. The molecule has 0 fully saturated rings. The maximum atomic E-state index is 6.47. The fraction of sp³-hybridized carbons (Fsp3) is 0. The molecule has 0 N–H and O–H groups in total. The summed E-state index contributed by atoms with van der Waals surface area (Å²) in [5.74, 6) is 0. The lowest BCUT2D eigenvalue weighted by Gasteiger charge is -2.11. The van der Waals surface area contributed by atoms with Gasteiger partial charge in [0.2, 0.25) is 0 Å². The van der Waals surface area contributed by atoms with Crippen LogP contribution in [0.4, 0.5) is 0 Å². The minimum absolute atomic E-state index is 0.918. The number of para-hydroxylation sites is 1. The molecule has 0 atom stereocenters. The van der Waals surface area contributed by atoms with Gasteiger partial charge < -0.3 is 8.98 Å². The molecule has 2 nitrogen and oxygen atoms in total. The van der Waals surface area contributed by atoms with E-state index in [0.717, 1.165) is 43.1 Å². The zero-order valence-corrected chi connectivity index (χ0v) is 18.1. The van der Waals surface area contributed by atoms with Gasteiger partial charge in [0.25, 0.3) is 0 Å². The average molecular weight is 462 g/mol. The van der Waals surface area contributed by atoms with Crippen LogP contribution in [-0.2, 0) is 0 Å². The summed E-state index contributed by atoms with van der Waals surface area (Å²) >= 11 is 3.69. The second-order valence-electron chi connectivity index (χ2n) is 7.93. The number of fused-ring (bicyclic) bond motifs is 8. The summed E-state index contributed by atoms with van der Waals surface area (Å²) in [6.07, 6.45) is 0. The van der Waals surface area contributed by atoms with E-state index in [-0.39, 0.29) is 0 Å². The van der Waals surface area contributed by atoms with E-state index >= 15 is 0 Å². The normalized spacial score (nSPS) is 12.0. The molecule has 0 radical (unpaired) electrons. The van der Waals surface area contributed by atoms with Crippen molar-refractivity contribution in [1.82, 2.24) is 4.57 Å². The summed E-state index contributed by atoms with van der Waals surface area (Å²) in [5, 5.41) is 7.15. The minimum Gasteiger partial charge on any atom is -0.454 e. The van der Waals surface area contributed by atoms with Gasteiger partial charge in [0.1, 0.15) is 5.58 Å². The summed E-state index contributed by atoms with van der Waals surface area (Å²) in [4.78, 5) is 0. The van der Waals surface area contributed by atoms with E-state index in [9.17, 15) is 0 Å². The topological polar surface area (TPSA) is 18.1 Å². The van der Waals surface area contributed by atoms with E-state index in [4.69, 9.17) is 4.42 Å². The third kappa shape index (κ3) is 2.32. The Morgan fingerprint density at radius 1 is 0.613 bits per heavy atom. The Labute approximate surface area is 186 Å². The number of nitrogens with zero attached hydrogens (tertiary/aromatic N) is 1. The van der Waals surface area contributed by atoms with E-state index in [2.05, 4.69) is 105 Å². The molecule has 5 aromatic carbocycles. The SMILES string of the molecule is Brc1ccc2c3ccc4c5ccccc5oc4c3n(-c3cccc4ccccc34)c2c1. The van der Waals surface area contributed by atoms with Crippen LogP contribution >= 0.6 is 15.9 Å². The molecule has 146 valence electrons. The van der Waals surface area contributed by atoms with Gasteiger partial charge in [-0.05, 0) is 35.7 Å². The molecule has 0 bridgehead atoms. The molecule has 0 saturated carbocycles. The van der Waals surface area contributed by atoms with E-state index in [1.54, 1.807) is 0 Å². The molecule has 0 amide bonds. The Morgan fingerprint density at radius 2 is 1.35 bits per heavy atom.